The highest BCUT2D eigenvalue weighted by Crippen LogP contribution is 2.37. The predicted octanol–water partition coefficient (Wildman–Crippen LogP) is 7.58. The standard InChI is InChI=1S/C33H32N2O4/c36-32(37)21-14-24-10-12-25(13-11-24)22-34-39-33(27-7-2-1-3-8-27)28-16-19-30(20-17-28)38-23-29-18-15-26-6-4-5-9-31(26)35-29/h4-6,9-22,27,33H,1-3,7-8,23H2,(H,36,37)/b21-14+,34-22+. The minimum Gasteiger partial charge on any atom is -0.487 e. The Balaban J connectivity index is 1.23. The van der Waals surface area contributed by atoms with Crippen molar-refractivity contribution in [3.63, 3.8) is 0 Å². The molecule has 0 radical (unpaired) electrons. The maximum absolute atomic E-state index is 10.7. The van der Waals surface area contributed by atoms with E-state index in [0.717, 1.165) is 58.0 Å². The van der Waals surface area contributed by atoms with Crippen molar-refractivity contribution in [2.45, 2.75) is 44.8 Å². The molecule has 1 saturated carbocycles. The van der Waals surface area contributed by atoms with Crippen LogP contribution in [0.25, 0.3) is 17.0 Å². The summed E-state index contributed by atoms with van der Waals surface area (Å²) in [5, 5.41) is 14.2. The van der Waals surface area contributed by atoms with Gasteiger partial charge in [0.2, 0.25) is 0 Å². The maximum atomic E-state index is 10.7. The molecule has 5 rings (SSSR count). The number of fused-ring (bicyclic) bond motifs is 1. The number of rotatable bonds is 10. The van der Waals surface area contributed by atoms with Crippen LogP contribution in [0.4, 0.5) is 0 Å². The molecule has 0 saturated heterocycles. The molecule has 1 aliphatic carbocycles. The SMILES string of the molecule is O=C(O)/C=C/c1ccc(/C=N/OC(c2ccc(OCc3ccc4ccccc4n3)cc2)C2CCCCC2)cc1. The molecule has 6 heteroatoms. The quantitative estimate of drug-likeness (QED) is 0.132. The van der Waals surface area contributed by atoms with Crippen molar-refractivity contribution >= 4 is 29.2 Å². The number of carboxylic acid groups (broad SMARTS) is 1. The fraction of sp³-hybridized carbons (Fsp3) is 0.242. The molecule has 0 spiro atoms. The van der Waals surface area contributed by atoms with E-state index in [1.165, 1.54) is 19.3 Å². The normalized spacial score (nSPS) is 15.1. The smallest absolute Gasteiger partial charge is 0.328 e. The van der Waals surface area contributed by atoms with Gasteiger partial charge in [-0.15, -0.1) is 0 Å². The summed E-state index contributed by atoms with van der Waals surface area (Å²) in [6.45, 7) is 0.405. The number of hydrogen-bond donors (Lipinski definition) is 1. The van der Waals surface area contributed by atoms with Crippen molar-refractivity contribution in [3.05, 3.63) is 113 Å². The summed E-state index contributed by atoms with van der Waals surface area (Å²) in [6.07, 6.45) is 10.2. The van der Waals surface area contributed by atoms with Crippen molar-refractivity contribution in [1.29, 1.82) is 0 Å². The number of nitrogens with zero attached hydrogens (tertiary/aromatic N) is 2. The van der Waals surface area contributed by atoms with Crippen LogP contribution in [-0.4, -0.2) is 22.3 Å². The van der Waals surface area contributed by atoms with E-state index < -0.39 is 5.97 Å². The lowest BCUT2D eigenvalue weighted by Gasteiger charge is -2.28. The Hall–Kier alpha value is -4.45. The van der Waals surface area contributed by atoms with Gasteiger partial charge in [-0.1, -0.05) is 85.1 Å². The minimum absolute atomic E-state index is 0.129. The lowest BCUT2D eigenvalue weighted by molar-refractivity contribution is -0.131. The molecule has 1 atom stereocenters. The Kier molecular flexibility index (Phi) is 8.64. The highest BCUT2D eigenvalue weighted by Gasteiger charge is 2.27. The Morgan fingerprint density at radius 2 is 1.67 bits per heavy atom. The van der Waals surface area contributed by atoms with Crippen molar-refractivity contribution < 1.29 is 19.5 Å². The highest BCUT2D eigenvalue weighted by molar-refractivity contribution is 5.85. The van der Waals surface area contributed by atoms with E-state index in [0.29, 0.717) is 12.5 Å². The van der Waals surface area contributed by atoms with Gasteiger partial charge in [-0.3, -0.25) is 0 Å². The van der Waals surface area contributed by atoms with Crippen LogP contribution in [0.15, 0.2) is 96.2 Å². The second kappa shape index (κ2) is 12.9. The zero-order valence-corrected chi connectivity index (χ0v) is 21.8. The first-order chi connectivity index (χ1) is 19.1. The van der Waals surface area contributed by atoms with E-state index in [2.05, 4.69) is 34.4 Å². The van der Waals surface area contributed by atoms with Gasteiger partial charge in [0.05, 0.1) is 17.4 Å². The molecule has 1 N–H and O–H groups in total. The molecule has 0 bridgehead atoms. The average Bonchev–Trinajstić information content (AvgIpc) is 2.98. The summed E-state index contributed by atoms with van der Waals surface area (Å²) in [4.78, 5) is 21.5. The molecule has 6 nitrogen and oxygen atoms in total. The van der Waals surface area contributed by atoms with Crippen molar-refractivity contribution in [2.75, 3.05) is 0 Å². The first-order valence-corrected chi connectivity index (χ1v) is 13.4. The van der Waals surface area contributed by atoms with Gasteiger partial charge in [-0.2, -0.15) is 0 Å². The van der Waals surface area contributed by atoms with Gasteiger partial charge < -0.3 is 14.7 Å². The second-order valence-electron chi connectivity index (χ2n) is 9.85. The van der Waals surface area contributed by atoms with E-state index in [9.17, 15) is 4.79 Å². The number of aromatic nitrogens is 1. The second-order valence-corrected chi connectivity index (χ2v) is 9.85. The lowest BCUT2D eigenvalue weighted by Crippen LogP contribution is -2.17. The Morgan fingerprint density at radius 1 is 0.923 bits per heavy atom. The van der Waals surface area contributed by atoms with Gasteiger partial charge in [0.25, 0.3) is 0 Å². The molecule has 1 fully saturated rings. The van der Waals surface area contributed by atoms with Crippen LogP contribution in [0.2, 0.25) is 0 Å². The van der Waals surface area contributed by atoms with Crippen molar-refractivity contribution in [2.24, 2.45) is 11.1 Å². The van der Waals surface area contributed by atoms with Crippen molar-refractivity contribution in [1.82, 2.24) is 4.98 Å². The Labute approximate surface area is 228 Å². The Bertz CT molecular complexity index is 1440. The first kappa shape index (κ1) is 26.2. The summed E-state index contributed by atoms with van der Waals surface area (Å²) in [5.74, 6) is 0.231. The molecule has 1 heterocycles. The number of aliphatic carboxylic acids is 1. The monoisotopic (exact) mass is 520 g/mol. The topological polar surface area (TPSA) is 81.0 Å². The van der Waals surface area contributed by atoms with Crippen LogP contribution >= 0.6 is 0 Å². The van der Waals surface area contributed by atoms with Crippen LogP contribution in [-0.2, 0) is 16.2 Å². The van der Waals surface area contributed by atoms with Crippen LogP contribution < -0.4 is 4.74 Å². The van der Waals surface area contributed by atoms with Crippen LogP contribution in [0.3, 0.4) is 0 Å². The minimum atomic E-state index is -0.968. The van der Waals surface area contributed by atoms with Gasteiger partial charge in [0.1, 0.15) is 12.4 Å². The Morgan fingerprint density at radius 3 is 2.44 bits per heavy atom. The predicted molar refractivity (Wildman–Crippen MR) is 154 cm³/mol. The number of carbonyl (C=O) groups is 1. The number of ether oxygens (including phenoxy) is 1. The first-order valence-electron chi connectivity index (χ1n) is 13.4. The van der Waals surface area contributed by atoms with Gasteiger partial charge in [0.15, 0.2) is 6.10 Å². The summed E-state index contributed by atoms with van der Waals surface area (Å²) >= 11 is 0. The number of oxime groups is 1. The fourth-order valence-electron chi connectivity index (χ4n) is 4.97. The summed E-state index contributed by atoms with van der Waals surface area (Å²) in [5.41, 5.74) is 4.64. The van der Waals surface area contributed by atoms with E-state index in [-0.39, 0.29) is 6.10 Å². The molecule has 0 aliphatic heterocycles. The molecule has 3 aromatic carbocycles. The summed E-state index contributed by atoms with van der Waals surface area (Å²) in [7, 11) is 0. The van der Waals surface area contributed by atoms with E-state index in [4.69, 9.17) is 14.7 Å². The number of para-hydroxylation sites is 1. The lowest BCUT2D eigenvalue weighted by atomic mass is 9.83. The number of carboxylic acids is 1. The van der Waals surface area contributed by atoms with Gasteiger partial charge >= 0.3 is 5.97 Å². The van der Waals surface area contributed by atoms with Crippen LogP contribution in [0.5, 0.6) is 5.75 Å². The number of hydrogen-bond acceptors (Lipinski definition) is 5. The largest absolute Gasteiger partial charge is 0.487 e. The van der Waals surface area contributed by atoms with Gasteiger partial charge in [-0.05, 0) is 59.9 Å². The summed E-state index contributed by atoms with van der Waals surface area (Å²) in [6, 6.07) is 27.7. The molecule has 198 valence electrons. The third kappa shape index (κ3) is 7.32. The molecular formula is C33H32N2O4. The molecule has 1 aromatic heterocycles. The van der Waals surface area contributed by atoms with E-state index in [1.54, 1.807) is 12.3 Å². The van der Waals surface area contributed by atoms with Crippen LogP contribution in [0.1, 0.15) is 60.6 Å². The third-order valence-corrected chi connectivity index (χ3v) is 7.06. The average molecular weight is 521 g/mol. The fourth-order valence-corrected chi connectivity index (χ4v) is 4.97. The van der Waals surface area contributed by atoms with E-state index in [1.807, 2.05) is 60.7 Å². The zero-order valence-electron chi connectivity index (χ0n) is 21.8. The number of benzene rings is 3. The van der Waals surface area contributed by atoms with Gasteiger partial charge in [0, 0.05) is 17.4 Å². The molecule has 4 aromatic rings. The number of pyridine rings is 1. The van der Waals surface area contributed by atoms with Gasteiger partial charge in [-0.25, -0.2) is 9.78 Å². The maximum Gasteiger partial charge on any atom is 0.328 e. The van der Waals surface area contributed by atoms with Crippen molar-refractivity contribution in [3.8, 4) is 5.75 Å². The molecule has 1 unspecified atom stereocenters. The van der Waals surface area contributed by atoms with E-state index >= 15 is 0 Å². The molecular weight excluding hydrogens is 488 g/mol. The van der Waals surface area contributed by atoms with Crippen LogP contribution in [0, 0.1) is 5.92 Å². The zero-order chi connectivity index (χ0) is 26.9. The highest BCUT2D eigenvalue weighted by atomic mass is 16.6. The molecule has 0 amide bonds. The molecule has 39 heavy (non-hydrogen) atoms. The third-order valence-electron chi connectivity index (χ3n) is 7.06. The summed E-state index contributed by atoms with van der Waals surface area (Å²) < 4.78 is 6.03. The molecule has 1 aliphatic rings.